The summed E-state index contributed by atoms with van der Waals surface area (Å²) in [6.45, 7) is 0.0733. The van der Waals surface area contributed by atoms with Gasteiger partial charge in [0.25, 0.3) is 0 Å². The minimum Gasteiger partial charge on any atom is -0.465 e. The summed E-state index contributed by atoms with van der Waals surface area (Å²) in [5.41, 5.74) is 0.615. The normalized spacial score (nSPS) is 10.1. The number of amides is 1. The number of anilines is 2. The van der Waals surface area contributed by atoms with Gasteiger partial charge in [-0.05, 0) is 36.4 Å². The highest BCUT2D eigenvalue weighted by atomic mass is 19.1. The van der Waals surface area contributed by atoms with Crippen molar-refractivity contribution in [2.24, 2.45) is 0 Å². The Morgan fingerprint density at radius 3 is 2.25 bits per heavy atom. The van der Waals surface area contributed by atoms with Crippen molar-refractivity contribution < 1.29 is 23.1 Å². The van der Waals surface area contributed by atoms with E-state index in [2.05, 4.69) is 15.4 Å². The van der Waals surface area contributed by atoms with Crippen molar-refractivity contribution in [3.8, 4) is 0 Å². The van der Waals surface area contributed by atoms with Gasteiger partial charge in [-0.15, -0.1) is 0 Å². The monoisotopic (exact) mass is 334 g/mol. The molecule has 2 aromatic rings. The number of nitrogens with one attached hydrogen (secondary N) is 2. The first-order valence-corrected chi connectivity index (χ1v) is 7.17. The lowest BCUT2D eigenvalue weighted by Crippen LogP contribution is -2.17. The molecule has 2 rings (SSSR count). The minimum atomic E-state index is -0.714. The fraction of sp³-hybridized carbons (Fsp3) is 0.176. The van der Waals surface area contributed by atoms with Gasteiger partial charge in [0.1, 0.15) is 17.3 Å². The highest BCUT2D eigenvalue weighted by Gasteiger charge is 2.09. The Kier molecular flexibility index (Phi) is 5.83. The van der Waals surface area contributed by atoms with E-state index in [0.717, 1.165) is 12.1 Å². The first-order valence-electron chi connectivity index (χ1n) is 7.17. The molecule has 0 unspecified atom stereocenters. The molecule has 0 atom stereocenters. The van der Waals surface area contributed by atoms with Gasteiger partial charge in [-0.25, -0.2) is 13.6 Å². The number of rotatable bonds is 6. The quantitative estimate of drug-likeness (QED) is 0.796. The number of carbonyl (C=O) groups is 2. The van der Waals surface area contributed by atoms with E-state index in [1.807, 2.05) is 0 Å². The summed E-state index contributed by atoms with van der Waals surface area (Å²) < 4.78 is 31.4. The molecule has 2 aromatic carbocycles. The van der Waals surface area contributed by atoms with Crippen LogP contribution >= 0.6 is 0 Å². The van der Waals surface area contributed by atoms with Gasteiger partial charge in [0.2, 0.25) is 5.91 Å². The summed E-state index contributed by atoms with van der Waals surface area (Å²) in [7, 11) is 1.28. The number of methoxy groups -OCH3 is 1. The Balaban J connectivity index is 1.84. The number of hydrogen-bond donors (Lipinski definition) is 2. The number of halogens is 2. The number of benzene rings is 2. The zero-order valence-electron chi connectivity index (χ0n) is 12.9. The number of esters is 1. The van der Waals surface area contributed by atoms with Crippen LogP contribution in [-0.4, -0.2) is 25.5 Å². The van der Waals surface area contributed by atoms with Crippen LogP contribution in [0.25, 0.3) is 0 Å². The summed E-state index contributed by atoms with van der Waals surface area (Å²) in [5, 5.41) is 5.18. The second kappa shape index (κ2) is 8.05. The summed E-state index contributed by atoms with van der Waals surface area (Å²) in [5.74, 6) is -2.23. The third kappa shape index (κ3) is 4.52. The van der Waals surface area contributed by atoms with Gasteiger partial charge >= 0.3 is 5.97 Å². The van der Waals surface area contributed by atoms with Gasteiger partial charge in [-0.3, -0.25) is 4.79 Å². The van der Waals surface area contributed by atoms with E-state index in [1.165, 1.54) is 25.3 Å². The van der Waals surface area contributed by atoms with Crippen molar-refractivity contribution in [2.45, 2.75) is 6.42 Å². The maximum absolute atomic E-state index is 13.4. The topological polar surface area (TPSA) is 67.4 Å². The maximum Gasteiger partial charge on any atom is 0.337 e. The van der Waals surface area contributed by atoms with E-state index in [-0.39, 0.29) is 24.6 Å². The zero-order valence-corrected chi connectivity index (χ0v) is 12.9. The molecule has 0 radical (unpaired) electrons. The molecule has 0 spiro atoms. The van der Waals surface area contributed by atoms with E-state index < -0.39 is 17.6 Å². The molecule has 0 aromatic heterocycles. The molecule has 0 bridgehead atoms. The molecule has 0 aliphatic carbocycles. The smallest absolute Gasteiger partial charge is 0.337 e. The molecule has 0 saturated carbocycles. The first kappa shape index (κ1) is 17.4. The van der Waals surface area contributed by atoms with Crippen LogP contribution in [0, 0.1) is 11.6 Å². The van der Waals surface area contributed by atoms with Gasteiger partial charge in [-0.2, -0.15) is 0 Å². The van der Waals surface area contributed by atoms with Crippen molar-refractivity contribution in [1.29, 1.82) is 0 Å². The summed E-state index contributed by atoms with van der Waals surface area (Å²) in [6.07, 6.45) is 0.0204. The van der Waals surface area contributed by atoms with Crippen LogP contribution in [0.4, 0.5) is 20.2 Å². The average molecular weight is 334 g/mol. The molecule has 7 heteroatoms. The van der Waals surface area contributed by atoms with Crippen molar-refractivity contribution >= 4 is 23.3 Å². The second-order valence-electron chi connectivity index (χ2n) is 4.89. The Labute approximate surface area is 137 Å². The fourth-order valence-electron chi connectivity index (χ4n) is 2.00. The Hall–Kier alpha value is -2.96. The number of hydrogen-bond acceptors (Lipinski definition) is 4. The molecular weight excluding hydrogens is 318 g/mol. The minimum absolute atomic E-state index is 0.0204. The summed E-state index contributed by atoms with van der Waals surface area (Å²) in [4.78, 5) is 23.1. The van der Waals surface area contributed by atoms with E-state index in [9.17, 15) is 18.4 Å². The van der Waals surface area contributed by atoms with E-state index in [0.29, 0.717) is 11.3 Å². The third-order valence-corrected chi connectivity index (χ3v) is 3.21. The van der Waals surface area contributed by atoms with E-state index in [4.69, 9.17) is 0 Å². The standard InChI is InChI=1S/C17H16F2N2O3/c1-24-17(23)11-5-7-12(8-6-11)21-15(22)9-10-20-16-13(18)3-2-4-14(16)19/h2-8,20H,9-10H2,1H3,(H,21,22). The van der Waals surface area contributed by atoms with Crippen LogP contribution in [-0.2, 0) is 9.53 Å². The predicted octanol–water partition coefficient (Wildman–Crippen LogP) is 3.19. The zero-order chi connectivity index (χ0) is 17.5. The number of para-hydroxylation sites is 1. The SMILES string of the molecule is COC(=O)c1ccc(NC(=O)CCNc2c(F)cccc2F)cc1. The van der Waals surface area contributed by atoms with Gasteiger partial charge in [0.05, 0.1) is 12.7 Å². The fourth-order valence-corrected chi connectivity index (χ4v) is 2.00. The molecule has 0 heterocycles. The predicted molar refractivity (Wildman–Crippen MR) is 85.9 cm³/mol. The van der Waals surface area contributed by atoms with Gasteiger partial charge < -0.3 is 15.4 Å². The van der Waals surface area contributed by atoms with E-state index >= 15 is 0 Å². The van der Waals surface area contributed by atoms with Crippen LogP contribution in [0.2, 0.25) is 0 Å². The molecule has 0 saturated heterocycles. The lowest BCUT2D eigenvalue weighted by molar-refractivity contribution is -0.115. The third-order valence-electron chi connectivity index (χ3n) is 3.21. The second-order valence-corrected chi connectivity index (χ2v) is 4.89. The lowest BCUT2D eigenvalue weighted by atomic mass is 10.2. The Morgan fingerprint density at radius 1 is 1.04 bits per heavy atom. The van der Waals surface area contributed by atoms with Crippen LogP contribution < -0.4 is 10.6 Å². The van der Waals surface area contributed by atoms with Crippen molar-refractivity contribution in [3.63, 3.8) is 0 Å². The molecule has 24 heavy (non-hydrogen) atoms. The van der Waals surface area contributed by atoms with Crippen LogP contribution in [0.5, 0.6) is 0 Å². The highest BCUT2D eigenvalue weighted by molar-refractivity contribution is 5.93. The van der Waals surface area contributed by atoms with Crippen molar-refractivity contribution in [1.82, 2.24) is 0 Å². The first-order chi connectivity index (χ1) is 11.5. The number of ether oxygens (including phenoxy) is 1. The maximum atomic E-state index is 13.4. The Bertz CT molecular complexity index is 713. The largest absolute Gasteiger partial charge is 0.465 e. The van der Waals surface area contributed by atoms with Gasteiger partial charge in [-0.1, -0.05) is 6.07 Å². The molecule has 2 N–H and O–H groups in total. The molecule has 0 fully saturated rings. The Morgan fingerprint density at radius 2 is 1.67 bits per heavy atom. The molecule has 0 aliphatic heterocycles. The lowest BCUT2D eigenvalue weighted by Gasteiger charge is -2.09. The summed E-state index contributed by atoms with van der Waals surface area (Å²) in [6, 6.07) is 9.70. The van der Waals surface area contributed by atoms with Crippen molar-refractivity contribution in [2.75, 3.05) is 24.3 Å². The molecule has 5 nitrogen and oxygen atoms in total. The molecule has 1 amide bonds. The molecular formula is C17H16F2N2O3. The van der Waals surface area contributed by atoms with Crippen LogP contribution in [0.15, 0.2) is 42.5 Å². The number of carbonyl (C=O) groups excluding carboxylic acids is 2. The van der Waals surface area contributed by atoms with Crippen molar-refractivity contribution in [3.05, 3.63) is 59.7 Å². The molecule has 0 aliphatic rings. The van der Waals surface area contributed by atoms with Crippen LogP contribution in [0.3, 0.4) is 0 Å². The average Bonchev–Trinajstić information content (AvgIpc) is 2.57. The van der Waals surface area contributed by atoms with Gasteiger partial charge in [0.15, 0.2) is 0 Å². The molecule has 126 valence electrons. The summed E-state index contributed by atoms with van der Waals surface area (Å²) >= 11 is 0. The highest BCUT2D eigenvalue weighted by Crippen LogP contribution is 2.17. The van der Waals surface area contributed by atoms with Gasteiger partial charge in [0, 0.05) is 18.7 Å². The van der Waals surface area contributed by atoms with Crippen LogP contribution in [0.1, 0.15) is 16.8 Å². The van der Waals surface area contributed by atoms with E-state index in [1.54, 1.807) is 12.1 Å².